The van der Waals surface area contributed by atoms with Crippen molar-refractivity contribution in [3.8, 4) is 0 Å². The normalized spacial score (nSPS) is 16.2. The Kier molecular flexibility index (Phi) is 5.07. The molecule has 1 saturated heterocycles. The Labute approximate surface area is 166 Å². The van der Waals surface area contributed by atoms with Crippen molar-refractivity contribution in [1.82, 2.24) is 19.7 Å². The second-order valence-electron chi connectivity index (χ2n) is 6.57. The van der Waals surface area contributed by atoms with E-state index in [2.05, 4.69) is 20.8 Å². The van der Waals surface area contributed by atoms with Crippen molar-refractivity contribution < 1.29 is 9.59 Å². The third-order valence-corrected chi connectivity index (χ3v) is 5.63. The van der Waals surface area contributed by atoms with E-state index in [4.69, 9.17) is 0 Å². The molecule has 2 aromatic heterocycles. The number of anilines is 2. The Morgan fingerprint density at radius 3 is 2.71 bits per heavy atom. The summed E-state index contributed by atoms with van der Waals surface area (Å²) in [5.74, 6) is 0.745. The maximum absolute atomic E-state index is 13.0. The van der Waals surface area contributed by atoms with Gasteiger partial charge in [-0.25, -0.2) is 4.79 Å². The number of carbonyl (C=O) groups excluding carboxylic acids is 2. The molecule has 1 fully saturated rings. The first-order valence-electron chi connectivity index (χ1n) is 8.99. The van der Waals surface area contributed by atoms with Crippen molar-refractivity contribution in [2.75, 3.05) is 17.2 Å². The Hall–Kier alpha value is -3.20. The van der Waals surface area contributed by atoms with Gasteiger partial charge in [-0.2, -0.15) is 0 Å². The van der Waals surface area contributed by atoms with Crippen LogP contribution in [0.1, 0.15) is 34.4 Å². The summed E-state index contributed by atoms with van der Waals surface area (Å²) in [6.07, 6.45) is 3.45. The fourth-order valence-corrected chi connectivity index (χ4v) is 4.19. The highest BCUT2D eigenvalue weighted by Gasteiger charge is 2.34. The van der Waals surface area contributed by atoms with E-state index in [0.717, 1.165) is 18.7 Å². The second-order valence-corrected chi connectivity index (χ2v) is 7.65. The quantitative estimate of drug-likeness (QED) is 0.706. The van der Waals surface area contributed by atoms with Crippen molar-refractivity contribution >= 4 is 34.0 Å². The van der Waals surface area contributed by atoms with Gasteiger partial charge in [0, 0.05) is 19.3 Å². The van der Waals surface area contributed by atoms with Crippen LogP contribution in [0.4, 0.5) is 15.5 Å². The number of hydrogen-bond donors (Lipinski definition) is 2. The lowest BCUT2D eigenvalue weighted by Crippen LogP contribution is -2.31. The summed E-state index contributed by atoms with van der Waals surface area (Å²) in [5.41, 5.74) is 0.705. The maximum atomic E-state index is 13.0. The molecule has 0 bridgehead atoms. The number of aryl methyl sites for hydroxylation is 1. The average molecular weight is 396 g/mol. The van der Waals surface area contributed by atoms with Crippen LogP contribution in [-0.2, 0) is 7.05 Å². The van der Waals surface area contributed by atoms with E-state index < -0.39 is 0 Å². The molecular formula is C19H20N6O2S. The SMILES string of the molecule is Cn1cnnc1C1CCCN1C(=O)c1ccc(NC(=O)Nc2ccccc2)s1. The van der Waals surface area contributed by atoms with Gasteiger partial charge in [-0.05, 0) is 37.1 Å². The van der Waals surface area contributed by atoms with Gasteiger partial charge in [-0.3, -0.25) is 10.1 Å². The van der Waals surface area contributed by atoms with Crippen LogP contribution in [0.25, 0.3) is 0 Å². The number of nitrogens with zero attached hydrogens (tertiary/aromatic N) is 4. The van der Waals surface area contributed by atoms with E-state index in [1.54, 1.807) is 18.5 Å². The fraction of sp³-hybridized carbons (Fsp3) is 0.263. The number of aromatic nitrogens is 3. The number of rotatable bonds is 4. The molecule has 9 heteroatoms. The van der Waals surface area contributed by atoms with Crippen LogP contribution in [0.15, 0.2) is 48.8 Å². The third-order valence-electron chi connectivity index (χ3n) is 4.64. The van der Waals surface area contributed by atoms with Crippen LogP contribution in [-0.4, -0.2) is 38.1 Å². The molecule has 0 radical (unpaired) electrons. The Balaban J connectivity index is 1.43. The van der Waals surface area contributed by atoms with Gasteiger partial charge in [0.05, 0.1) is 15.9 Å². The Bertz CT molecular complexity index is 983. The molecule has 1 atom stereocenters. The topological polar surface area (TPSA) is 92.2 Å². The molecule has 0 saturated carbocycles. The van der Waals surface area contributed by atoms with Gasteiger partial charge in [0.15, 0.2) is 5.82 Å². The van der Waals surface area contributed by atoms with Crippen molar-refractivity contribution in [2.24, 2.45) is 7.05 Å². The summed E-state index contributed by atoms with van der Waals surface area (Å²) in [7, 11) is 1.88. The molecular weight excluding hydrogens is 376 g/mol. The van der Waals surface area contributed by atoms with E-state index in [1.807, 2.05) is 46.8 Å². The summed E-state index contributed by atoms with van der Waals surface area (Å²) in [4.78, 5) is 27.6. The maximum Gasteiger partial charge on any atom is 0.324 e. The number of nitrogens with one attached hydrogen (secondary N) is 2. The molecule has 4 rings (SSSR count). The molecule has 1 unspecified atom stereocenters. The molecule has 1 aliphatic heterocycles. The monoisotopic (exact) mass is 396 g/mol. The van der Waals surface area contributed by atoms with Crippen molar-refractivity contribution in [2.45, 2.75) is 18.9 Å². The molecule has 144 valence electrons. The number of amides is 3. The highest BCUT2D eigenvalue weighted by atomic mass is 32.1. The standard InChI is InChI=1S/C19H20N6O2S/c1-24-12-20-23-17(24)14-8-5-11-25(14)18(26)15-9-10-16(28-15)22-19(27)21-13-6-3-2-4-7-13/h2-4,6-7,9-10,12,14H,5,8,11H2,1H3,(H2,21,22,27). The number of para-hydroxylation sites is 1. The third kappa shape index (κ3) is 3.74. The van der Waals surface area contributed by atoms with Gasteiger partial charge in [0.2, 0.25) is 0 Å². The summed E-state index contributed by atoms with van der Waals surface area (Å²) >= 11 is 1.26. The van der Waals surface area contributed by atoms with E-state index in [0.29, 0.717) is 22.1 Å². The Morgan fingerprint density at radius 1 is 1.14 bits per heavy atom. The summed E-state index contributed by atoms with van der Waals surface area (Å²) in [5, 5.41) is 14.2. The first-order chi connectivity index (χ1) is 13.6. The van der Waals surface area contributed by atoms with Gasteiger partial charge in [0.25, 0.3) is 5.91 Å². The fourth-order valence-electron chi connectivity index (χ4n) is 3.33. The zero-order valence-electron chi connectivity index (χ0n) is 15.3. The lowest BCUT2D eigenvalue weighted by atomic mass is 10.2. The highest BCUT2D eigenvalue weighted by molar-refractivity contribution is 7.18. The van der Waals surface area contributed by atoms with Crippen LogP contribution >= 0.6 is 11.3 Å². The van der Waals surface area contributed by atoms with Crippen LogP contribution in [0.3, 0.4) is 0 Å². The van der Waals surface area contributed by atoms with Gasteiger partial charge in [-0.1, -0.05) is 18.2 Å². The number of hydrogen-bond acceptors (Lipinski definition) is 5. The van der Waals surface area contributed by atoms with Gasteiger partial charge in [-0.15, -0.1) is 21.5 Å². The van der Waals surface area contributed by atoms with E-state index >= 15 is 0 Å². The molecule has 1 aliphatic rings. The lowest BCUT2D eigenvalue weighted by molar-refractivity contribution is 0.0733. The van der Waals surface area contributed by atoms with Crippen LogP contribution in [0, 0.1) is 0 Å². The first-order valence-corrected chi connectivity index (χ1v) is 9.81. The molecule has 0 spiro atoms. The predicted octanol–water partition coefficient (Wildman–Crippen LogP) is 3.50. The molecule has 0 aliphatic carbocycles. The second kappa shape index (κ2) is 7.81. The first kappa shape index (κ1) is 18.2. The lowest BCUT2D eigenvalue weighted by Gasteiger charge is -2.23. The average Bonchev–Trinajstić information content (AvgIpc) is 3.42. The summed E-state index contributed by atoms with van der Waals surface area (Å²) in [6.45, 7) is 0.686. The van der Waals surface area contributed by atoms with Crippen LogP contribution < -0.4 is 10.6 Å². The summed E-state index contributed by atoms with van der Waals surface area (Å²) < 4.78 is 1.85. The minimum absolute atomic E-state index is 0.0491. The van der Waals surface area contributed by atoms with Crippen LogP contribution in [0.2, 0.25) is 0 Å². The molecule has 3 amide bonds. The largest absolute Gasteiger partial charge is 0.328 e. The number of urea groups is 1. The number of likely N-dealkylation sites (tertiary alicyclic amines) is 1. The molecule has 2 N–H and O–H groups in total. The van der Waals surface area contributed by atoms with Gasteiger partial charge in [0.1, 0.15) is 6.33 Å². The highest BCUT2D eigenvalue weighted by Crippen LogP contribution is 2.33. The van der Waals surface area contributed by atoms with Crippen molar-refractivity contribution in [3.05, 3.63) is 59.5 Å². The van der Waals surface area contributed by atoms with Crippen molar-refractivity contribution in [1.29, 1.82) is 0 Å². The molecule has 1 aromatic carbocycles. The summed E-state index contributed by atoms with van der Waals surface area (Å²) in [6, 6.07) is 12.3. The van der Waals surface area contributed by atoms with Gasteiger partial charge < -0.3 is 14.8 Å². The Morgan fingerprint density at radius 2 is 1.96 bits per heavy atom. The predicted molar refractivity (Wildman–Crippen MR) is 107 cm³/mol. The van der Waals surface area contributed by atoms with E-state index in [9.17, 15) is 9.59 Å². The van der Waals surface area contributed by atoms with E-state index in [-0.39, 0.29) is 18.0 Å². The van der Waals surface area contributed by atoms with Gasteiger partial charge >= 0.3 is 6.03 Å². The molecule has 3 aromatic rings. The molecule has 8 nitrogen and oxygen atoms in total. The van der Waals surface area contributed by atoms with E-state index in [1.165, 1.54) is 11.3 Å². The van der Waals surface area contributed by atoms with Crippen LogP contribution in [0.5, 0.6) is 0 Å². The zero-order valence-corrected chi connectivity index (χ0v) is 16.1. The number of carbonyl (C=O) groups is 2. The molecule has 3 heterocycles. The zero-order chi connectivity index (χ0) is 19.5. The molecule has 28 heavy (non-hydrogen) atoms. The minimum Gasteiger partial charge on any atom is -0.328 e. The minimum atomic E-state index is -0.342. The number of benzene rings is 1. The van der Waals surface area contributed by atoms with Crippen molar-refractivity contribution in [3.63, 3.8) is 0 Å². The smallest absolute Gasteiger partial charge is 0.324 e. The number of thiophene rings is 1.